The van der Waals surface area contributed by atoms with Gasteiger partial charge in [-0.15, -0.1) is 0 Å². The van der Waals surface area contributed by atoms with Gasteiger partial charge in [0.05, 0.1) is 11.2 Å². The van der Waals surface area contributed by atoms with Gasteiger partial charge in [-0.25, -0.2) is 0 Å². The molecule has 0 radical (unpaired) electrons. The van der Waals surface area contributed by atoms with Crippen LogP contribution in [-0.4, -0.2) is 17.4 Å². The molecule has 1 amide bonds. The van der Waals surface area contributed by atoms with Crippen LogP contribution in [0.3, 0.4) is 0 Å². The van der Waals surface area contributed by atoms with E-state index in [2.05, 4.69) is 0 Å². The lowest BCUT2D eigenvalue weighted by atomic mass is 9.83. The summed E-state index contributed by atoms with van der Waals surface area (Å²) < 4.78 is 5.56. The van der Waals surface area contributed by atoms with Gasteiger partial charge in [0.2, 0.25) is 5.91 Å². The molecule has 2 atom stereocenters. The van der Waals surface area contributed by atoms with E-state index in [9.17, 15) is 9.59 Å². The highest BCUT2D eigenvalue weighted by Crippen LogP contribution is 2.57. The standard InChI is InChI=1S/C14H13NO3/c16-11-5-7-14-8-6-12(17)18-13(14)9-3-1-2-4-10(9)15(11)14/h1-4,13H,5-8H2/t13-,14-/m0/s1. The number of nitrogens with zero attached hydrogens (tertiary/aromatic N) is 1. The van der Waals surface area contributed by atoms with Crippen molar-refractivity contribution in [3.63, 3.8) is 0 Å². The molecule has 1 aromatic carbocycles. The maximum Gasteiger partial charge on any atom is 0.306 e. The van der Waals surface area contributed by atoms with E-state index in [0.717, 1.165) is 24.1 Å². The summed E-state index contributed by atoms with van der Waals surface area (Å²) in [5.41, 5.74) is 1.62. The highest BCUT2D eigenvalue weighted by atomic mass is 16.5. The van der Waals surface area contributed by atoms with E-state index in [4.69, 9.17) is 4.74 Å². The Labute approximate surface area is 105 Å². The topological polar surface area (TPSA) is 46.6 Å². The molecule has 3 aliphatic heterocycles. The first kappa shape index (κ1) is 10.1. The number of esters is 1. The Hall–Kier alpha value is -1.84. The maximum absolute atomic E-state index is 12.1. The van der Waals surface area contributed by atoms with Crippen molar-refractivity contribution in [2.75, 3.05) is 4.90 Å². The largest absolute Gasteiger partial charge is 0.455 e. The van der Waals surface area contributed by atoms with Gasteiger partial charge < -0.3 is 9.64 Å². The van der Waals surface area contributed by atoms with E-state index in [1.807, 2.05) is 29.2 Å². The lowest BCUT2D eigenvalue weighted by Gasteiger charge is -2.39. The monoisotopic (exact) mass is 243 g/mol. The zero-order chi connectivity index (χ0) is 12.3. The van der Waals surface area contributed by atoms with Crippen LogP contribution in [0.2, 0.25) is 0 Å². The summed E-state index contributed by atoms with van der Waals surface area (Å²) in [5, 5.41) is 0. The summed E-state index contributed by atoms with van der Waals surface area (Å²) in [5.74, 6) is 0.00419. The van der Waals surface area contributed by atoms with Crippen LogP contribution in [0.25, 0.3) is 0 Å². The van der Waals surface area contributed by atoms with Crippen LogP contribution >= 0.6 is 0 Å². The van der Waals surface area contributed by atoms with Gasteiger partial charge in [-0.05, 0) is 18.9 Å². The molecule has 0 unspecified atom stereocenters. The number of amides is 1. The Morgan fingerprint density at radius 3 is 2.83 bits per heavy atom. The molecular weight excluding hydrogens is 230 g/mol. The molecule has 1 spiro atoms. The van der Waals surface area contributed by atoms with E-state index in [-0.39, 0.29) is 23.5 Å². The molecule has 2 saturated heterocycles. The number of anilines is 1. The summed E-state index contributed by atoms with van der Waals surface area (Å²) in [6.45, 7) is 0. The Morgan fingerprint density at radius 1 is 1.17 bits per heavy atom. The van der Waals surface area contributed by atoms with Crippen LogP contribution in [0.5, 0.6) is 0 Å². The molecule has 0 aromatic heterocycles. The van der Waals surface area contributed by atoms with Crippen molar-refractivity contribution in [1.29, 1.82) is 0 Å². The third-order valence-electron chi connectivity index (χ3n) is 4.43. The summed E-state index contributed by atoms with van der Waals surface area (Å²) in [4.78, 5) is 25.6. The van der Waals surface area contributed by atoms with Crippen molar-refractivity contribution >= 4 is 17.6 Å². The van der Waals surface area contributed by atoms with Gasteiger partial charge in [0.1, 0.15) is 0 Å². The van der Waals surface area contributed by atoms with Crippen LogP contribution < -0.4 is 4.90 Å². The molecule has 4 nitrogen and oxygen atoms in total. The van der Waals surface area contributed by atoms with E-state index >= 15 is 0 Å². The number of carbonyl (C=O) groups excluding carboxylic acids is 2. The Bertz CT molecular complexity index is 568. The van der Waals surface area contributed by atoms with Crippen molar-refractivity contribution in [2.45, 2.75) is 37.3 Å². The molecule has 1 aromatic rings. The molecule has 92 valence electrons. The number of rotatable bonds is 0. The average Bonchev–Trinajstić information content (AvgIpc) is 2.84. The third-order valence-corrected chi connectivity index (χ3v) is 4.43. The van der Waals surface area contributed by atoms with Gasteiger partial charge in [-0.2, -0.15) is 0 Å². The van der Waals surface area contributed by atoms with Crippen molar-refractivity contribution in [1.82, 2.24) is 0 Å². The number of hydrogen-bond acceptors (Lipinski definition) is 3. The number of carbonyl (C=O) groups is 2. The first-order chi connectivity index (χ1) is 8.72. The quantitative estimate of drug-likeness (QED) is 0.654. The first-order valence-electron chi connectivity index (χ1n) is 6.34. The minimum absolute atomic E-state index is 0.151. The highest BCUT2D eigenvalue weighted by Gasteiger charge is 2.60. The molecular formula is C14H13NO3. The van der Waals surface area contributed by atoms with Gasteiger partial charge in [0.25, 0.3) is 0 Å². The SMILES string of the molecule is O=C1CC[C@]23CCC(=O)N2c2ccccc2[C@@H]3O1. The van der Waals surface area contributed by atoms with Crippen LogP contribution in [0.1, 0.15) is 37.4 Å². The smallest absolute Gasteiger partial charge is 0.306 e. The number of para-hydroxylation sites is 1. The minimum atomic E-state index is -0.297. The summed E-state index contributed by atoms with van der Waals surface area (Å²) >= 11 is 0. The van der Waals surface area contributed by atoms with Crippen molar-refractivity contribution in [2.24, 2.45) is 0 Å². The lowest BCUT2D eigenvalue weighted by molar-refractivity contribution is -0.159. The first-order valence-corrected chi connectivity index (χ1v) is 6.34. The minimum Gasteiger partial charge on any atom is -0.455 e. The van der Waals surface area contributed by atoms with E-state index in [1.54, 1.807) is 0 Å². The van der Waals surface area contributed by atoms with E-state index in [0.29, 0.717) is 12.8 Å². The Kier molecular flexibility index (Phi) is 1.76. The zero-order valence-electron chi connectivity index (χ0n) is 9.89. The molecule has 18 heavy (non-hydrogen) atoms. The molecule has 4 rings (SSSR count). The number of benzene rings is 1. The fourth-order valence-corrected chi connectivity index (χ4v) is 3.67. The second kappa shape index (κ2) is 3.13. The lowest BCUT2D eigenvalue weighted by Crippen LogP contribution is -2.49. The fourth-order valence-electron chi connectivity index (χ4n) is 3.67. The zero-order valence-corrected chi connectivity index (χ0v) is 9.89. The molecule has 0 aliphatic carbocycles. The third kappa shape index (κ3) is 1.01. The van der Waals surface area contributed by atoms with Gasteiger partial charge in [0, 0.05) is 18.4 Å². The van der Waals surface area contributed by atoms with Crippen molar-refractivity contribution in [3.05, 3.63) is 29.8 Å². The molecule has 4 heteroatoms. The van der Waals surface area contributed by atoms with Crippen LogP contribution in [0.15, 0.2) is 24.3 Å². The average molecular weight is 243 g/mol. The predicted octanol–water partition coefficient (Wildman–Crippen LogP) is 1.94. The normalized spacial score (nSPS) is 32.9. The van der Waals surface area contributed by atoms with Gasteiger partial charge in [0.15, 0.2) is 6.10 Å². The summed E-state index contributed by atoms with van der Waals surface area (Å²) in [6.07, 6.45) is 2.22. The molecule has 3 aliphatic rings. The molecule has 0 bridgehead atoms. The van der Waals surface area contributed by atoms with E-state index in [1.165, 1.54) is 0 Å². The Morgan fingerprint density at radius 2 is 1.94 bits per heavy atom. The van der Waals surface area contributed by atoms with E-state index < -0.39 is 0 Å². The second-order valence-electron chi connectivity index (χ2n) is 5.26. The molecule has 3 heterocycles. The highest BCUT2D eigenvalue weighted by molar-refractivity contribution is 6.01. The Balaban J connectivity index is 1.94. The molecule has 2 fully saturated rings. The van der Waals surface area contributed by atoms with Crippen LogP contribution in [0, 0.1) is 0 Å². The number of fused-ring (bicyclic) bond motifs is 3. The predicted molar refractivity (Wildman–Crippen MR) is 64.0 cm³/mol. The maximum atomic E-state index is 12.1. The summed E-state index contributed by atoms with van der Waals surface area (Å²) in [7, 11) is 0. The van der Waals surface area contributed by atoms with Crippen LogP contribution in [0.4, 0.5) is 5.69 Å². The van der Waals surface area contributed by atoms with Gasteiger partial charge in [-0.1, -0.05) is 18.2 Å². The summed E-state index contributed by atoms with van der Waals surface area (Å²) in [6, 6.07) is 7.78. The van der Waals surface area contributed by atoms with Crippen molar-refractivity contribution in [3.8, 4) is 0 Å². The van der Waals surface area contributed by atoms with Crippen molar-refractivity contribution < 1.29 is 14.3 Å². The second-order valence-corrected chi connectivity index (χ2v) is 5.26. The number of hydrogen-bond donors (Lipinski definition) is 0. The van der Waals surface area contributed by atoms with Gasteiger partial charge in [-0.3, -0.25) is 9.59 Å². The molecule has 0 saturated carbocycles. The number of ether oxygens (including phenoxy) is 1. The fraction of sp³-hybridized carbons (Fsp3) is 0.429. The van der Waals surface area contributed by atoms with Gasteiger partial charge >= 0.3 is 5.97 Å². The molecule has 0 N–H and O–H groups in total. The van der Waals surface area contributed by atoms with Crippen LogP contribution in [-0.2, 0) is 14.3 Å².